The third-order valence-electron chi connectivity index (χ3n) is 6.62. The van der Waals surface area contributed by atoms with Crippen LogP contribution in [0.4, 0.5) is 17.1 Å². The Hall–Kier alpha value is -3.51. The Kier molecular flexibility index (Phi) is 5.45. The van der Waals surface area contributed by atoms with E-state index in [1.54, 1.807) is 65.6 Å². The van der Waals surface area contributed by atoms with Crippen LogP contribution in [0.15, 0.2) is 91.0 Å². The largest absolute Gasteiger partial charge is 0.350 e. The second kappa shape index (κ2) is 8.56. The lowest BCUT2D eigenvalue weighted by Crippen LogP contribution is -2.63. The first-order valence-corrected chi connectivity index (χ1v) is 12.4. The van der Waals surface area contributed by atoms with E-state index in [0.717, 1.165) is 0 Å². The van der Waals surface area contributed by atoms with Crippen LogP contribution in [-0.2, 0) is 17.0 Å². The Labute approximate surface area is 222 Å². The Bertz CT molecular complexity index is 1540. The summed E-state index contributed by atoms with van der Waals surface area (Å²) >= 11 is 19.6. The normalized spacial score (nSPS) is 18.3. The van der Waals surface area contributed by atoms with E-state index < -0.39 is 5.66 Å². The molecule has 5 nitrogen and oxygen atoms in total. The summed E-state index contributed by atoms with van der Waals surface area (Å²) in [7, 11) is 0. The fourth-order valence-corrected chi connectivity index (χ4v) is 5.73. The number of carbonyl (C=O) groups is 2. The van der Waals surface area contributed by atoms with Gasteiger partial charge in [0.05, 0.1) is 28.5 Å². The molecule has 4 aromatic carbocycles. The zero-order valence-electron chi connectivity index (χ0n) is 18.7. The highest BCUT2D eigenvalue weighted by Gasteiger charge is 2.60. The molecule has 2 heterocycles. The fraction of sp³-hybridized carbons (Fsp3) is 0.0714. The zero-order chi connectivity index (χ0) is 25.0. The predicted molar refractivity (Wildman–Crippen MR) is 144 cm³/mol. The number of amides is 2. The van der Waals surface area contributed by atoms with E-state index in [0.29, 0.717) is 48.8 Å². The number of rotatable bonds is 3. The molecule has 0 bridgehead atoms. The number of para-hydroxylation sites is 3. The molecule has 0 fully saturated rings. The second-order valence-corrected chi connectivity index (χ2v) is 9.80. The Morgan fingerprint density at radius 2 is 1.31 bits per heavy atom. The molecule has 0 aliphatic carbocycles. The number of nitrogens with one attached hydrogen (secondary N) is 1. The molecule has 1 atom stereocenters. The molecule has 0 radical (unpaired) electrons. The van der Waals surface area contributed by atoms with Crippen LogP contribution >= 0.6 is 34.8 Å². The Morgan fingerprint density at radius 1 is 0.694 bits per heavy atom. The number of hydrogen-bond acceptors (Lipinski definition) is 3. The molecule has 36 heavy (non-hydrogen) atoms. The fourth-order valence-electron chi connectivity index (χ4n) is 5.00. The van der Waals surface area contributed by atoms with Crippen LogP contribution in [0.2, 0.25) is 15.1 Å². The minimum atomic E-state index is -1.57. The molecule has 178 valence electrons. The Morgan fingerprint density at radius 3 is 2.06 bits per heavy atom. The van der Waals surface area contributed by atoms with Crippen LogP contribution < -0.4 is 15.1 Å². The molecule has 0 saturated carbocycles. The van der Waals surface area contributed by atoms with Crippen molar-refractivity contribution >= 4 is 63.7 Å². The molecule has 1 spiro atoms. The van der Waals surface area contributed by atoms with Crippen molar-refractivity contribution in [1.82, 2.24) is 0 Å². The van der Waals surface area contributed by atoms with E-state index in [2.05, 4.69) is 5.32 Å². The quantitative estimate of drug-likeness (QED) is 0.304. The van der Waals surface area contributed by atoms with Crippen molar-refractivity contribution in [3.63, 3.8) is 0 Å². The van der Waals surface area contributed by atoms with Gasteiger partial charge in [0.2, 0.25) is 5.66 Å². The maximum atomic E-state index is 14.6. The van der Waals surface area contributed by atoms with Gasteiger partial charge >= 0.3 is 0 Å². The minimum absolute atomic E-state index is 0.129. The third kappa shape index (κ3) is 3.24. The molecule has 6 rings (SSSR count). The lowest BCUT2D eigenvalue weighted by Gasteiger charge is -2.45. The van der Waals surface area contributed by atoms with E-state index >= 15 is 0 Å². The number of halogens is 3. The first kappa shape index (κ1) is 22.9. The second-order valence-electron chi connectivity index (χ2n) is 8.58. The highest BCUT2D eigenvalue weighted by molar-refractivity contribution is 6.36. The van der Waals surface area contributed by atoms with Crippen molar-refractivity contribution in [3.05, 3.63) is 123 Å². The lowest BCUT2D eigenvalue weighted by molar-refractivity contribution is -0.122. The van der Waals surface area contributed by atoms with Crippen molar-refractivity contribution < 1.29 is 9.59 Å². The SMILES string of the molecule is O=C1c2ccccc2N[C@@]2(C(=O)N(Cc3c(Cl)cccc3Cl)c3ccccc32)N1c1ccccc1Cl. The van der Waals surface area contributed by atoms with Crippen LogP contribution in [0.1, 0.15) is 21.5 Å². The monoisotopic (exact) mass is 533 g/mol. The molecular formula is C28H18Cl3N3O2. The van der Waals surface area contributed by atoms with Gasteiger partial charge in [-0.2, -0.15) is 0 Å². The number of nitrogens with zero attached hydrogens (tertiary/aromatic N) is 2. The number of benzene rings is 4. The molecule has 8 heteroatoms. The number of carbonyl (C=O) groups excluding carboxylic acids is 2. The molecular weight excluding hydrogens is 517 g/mol. The van der Waals surface area contributed by atoms with Crippen molar-refractivity contribution in [1.29, 1.82) is 0 Å². The first-order chi connectivity index (χ1) is 17.4. The average Bonchev–Trinajstić information content (AvgIpc) is 3.10. The summed E-state index contributed by atoms with van der Waals surface area (Å²) in [6.45, 7) is 0.129. The maximum Gasteiger partial charge on any atom is 0.279 e. The van der Waals surface area contributed by atoms with Gasteiger partial charge in [0.25, 0.3) is 11.8 Å². The van der Waals surface area contributed by atoms with E-state index in [1.807, 2.05) is 30.3 Å². The molecule has 1 N–H and O–H groups in total. The van der Waals surface area contributed by atoms with Crippen LogP contribution in [0, 0.1) is 0 Å². The van der Waals surface area contributed by atoms with E-state index in [4.69, 9.17) is 34.8 Å². The lowest BCUT2D eigenvalue weighted by atomic mass is 9.92. The summed E-state index contributed by atoms with van der Waals surface area (Å²) in [5, 5.41) is 4.68. The third-order valence-corrected chi connectivity index (χ3v) is 7.65. The number of hydrogen-bond donors (Lipinski definition) is 1. The van der Waals surface area contributed by atoms with Gasteiger partial charge in [-0.05, 0) is 42.5 Å². The summed E-state index contributed by atoms with van der Waals surface area (Å²) in [4.78, 5) is 31.7. The van der Waals surface area contributed by atoms with Crippen LogP contribution in [-0.4, -0.2) is 11.8 Å². The topological polar surface area (TPSA) is 52.7 Å². The number of fused-ring (bicyclic) bond motifs is 3. The first-order valence-electron chi connectivity index (χ1n) is 11.2. The molecule has 0 aromatic heterocycles. The van der Waals surface area contributed by atoms with Gasteiger partial charge in [-0.3, -0.25) is 14.5 Å². The van der Waals surface area contributed by atoms with Crippen LogP contribution in [0.3, 0.4) is 0 Å². The minimum Gasteiger partial charge on any atom is -0.350 e. The molecule has 2 aliphatic rings. The number of anilines is 3. The summed E-state index contributed by atoms with van der Waals surface area (Å²) in [6.07, 6.45) is 0. The van der Waals surface area contributed by atoms with Crippen molar-refractivity contribution in [2.75, 3.05) is 15.1 Å². The molecule has 2 aliphatic heterocycles. The Balaban J connectivity index is 1.60. The van der Waals surface area contributed by atoms with Gasteiger partial charge in [0.1, 0.15) is 0 Å². The average molecular weight is 535 g/mol. The predicted octanol–water partition coefficient (Wildman–Crippen LogP) is 7.12. The zero-order valence-corrected chi connectivity index (χ0v) is 21.0. The van der Waals surface area contributed by atoms with Gasteiger partial charge in [0, 0.05) is 26.9 Å². The molecule has 2 amide bonds. The summed E-state index contributed by atoms with van der Waals surface area (Å²) in [6, 6.07) is 26.8. The highest BCUT2D eigenvalue weighted by Crippen LogP contribution is 2.51. The molecule has 0 unspecified atom stereocenters. The van der Waals surface area contributed by atoms with Gasteiger partial charge in [0.15, 0.2) is 0 Å². The van der Waals surface area contributed by atoms with Crippen molar-refractivity contribution in [3.8, 4) is 0 Å². The maximum absolute atomic E-state index is 14.6. The van der Waals surface area contributed by atoms with Gasteiger partial charge < -0.3 is 10.2 Å². The van der Waals surface area contributed by atoms with E-state index in [1.165, 1.54) is 4.90 Å². The highest BCUT2D eigenvalue weighted by atomic mass is 35.5. The van der Waals surface area contributed by atoms with Crippen molar-refractivity contribution in [2.24, 2.45) is 0 Å². The van der Waals surface area contributed by atoms with Gasteiger partial charge in [-0.1, -0.05) is 83.3 Å². The van der Waals surface area contributed by atoms with Crippen LogP contribution in [0.25, 0.3) is 0 Å². The van der Waals surface area contributed by atoms with Crippen molar-refractivity contribution in [2.45, 2.75) is 12.2 Å². The summed E-state index contributed by atoms with van der Waals surface area (Å²) in [5.41, 5.74) is 1.75. The van der Waals surface area contributed by atoms with Gasteiger partial charge in [-0.25, -0.2) is 0 Å². The van der Waals surface area contributed by atoms with Crippen LogP contribution in [0.5, 0.6) is 0 Å². The standard InChI is InChI=1S/C28H18Cl3N3O2/c29-20-11-7-12-21(30)18(20)16-33-24-14-5-2-9-19(24)28(27(33)36)32-23-13-4-1-8-17(23)26(35)34(28)25-15-6-3-10-22(25)31/h1-15,32H,16H2/t28-/m1/s1. The molecule has 0 saturated heterocycles. The summed E-state index contributed by atoms with van der Waals surface area (Å²) < 4.78 is 0. The smallest absolute Gasteiger partial charge is 0.279 e. The van der Waals surface area contributed by atoms with E-state index in [9.17, 15) is 9.59 Å². The summed E-state index contributed by atoms with van der Waals surface area (Å²) in [5.74, 6) is -0.680. The van der Waals surface area contributed by atoms with E-state index in [-0.39, 0.29) is 18.4 Å². The molecule has 4 aromatic rings. The van der Waals surface area contributed by atoms with Gasteiger partial charge in [-0.15, -0.1) is 0 Å².